The summed E-state index contributed by atoms with van der Waals surface area (Å²) in [5, 5.41) is 1.02. The van der Waals surface area contributed by atoms with Gasteiger partial charge in [0.2, 0.25) is 15.9 Å². The van der Waals surface area contributed by atoms with Crippen LogP contribution in [-0.4, -0.2) is 48.1 Å². The number of anilines is 1. The highest BCUT2D eigenvalue weighted by Crippen LogP contribution is 2.34. The van der Waals surface area contributed by atoms with Crippen LogP contribution in [-0.2, 0) is 30.8 Å². The number of amides is 2. The molecule has 0 radical (unpaired) electrons. The monoisotopic (exact) mass is 599 g/mol. The van der Waals surface area contributed by atoms with Crippen molar-refractivity contribution in [1.82, 2.24) is 9.29 Å². The number of carbonyl (C=O) groups is 3. The molecule has 1 atom stereocenters. The summed E-state index contributed by atoms with van der Waals surface area (Å²) in [6.07, 6.45) is 1.69. The first-order valence-corrected chi connectivity index (χ1v) is 14.4. The van der Waals surface area contributed by atoms with Gasteiger partial charge < -0.3 is 9.72 Å². The summed E-state index contributed by atoms with van der Waals surface area (Å²) in [5.74, 6) is -1.55. The molecule has 1 N–H and O–H groups in total. The number of esters is 1. The van der Waals surface area contributed by atoms with Gasteiger partial charge in [-0.1, -0.05) is 41.4 Å². The number of para-hydroxylation sites is 1. The van der Waals surface area contributed by atoms with Crippen LogP contribution in [0.3, 0.4) is 0 Å². The van der Waals surface area contributed by atoms with Crippen LogP contribution in [0.25, 0.3) is 10.9 Å². The fourth-order valence-corrected chi connectivity index (χ4v) is 7.08. The molecule has 1 saturated heterocycles. The number of aromatic nitrogens is 1. The van der Waals surface area contributed by atoms with Crippen molar-refractivity contribution in [2.24, 2.45) is 0 Å². The zero-order valence-corrected chi connectivity index (χ0v) is 23.5. The largest absolute Gasteiger partial charge is 0.427 e. The Morgan fingerprint density at radius 3 is 2.52 bits per heavy atom. The van der Waals surface area contributed by atoms with Crippen LogP contribution in [0.1, 0.15) is 18.9 Å². The minimum absolute atomic E-state index is 0.0591. The lowest BCUT2D eigenvalue weighted by Gasteiger charge is -2.27. The number of rotatable bonds is 8. The third kappa shape index (κ3) is 5.35. The maximum atomic E-state index is 14.0. The van der Waals surface area contributed by atoms with E-state index in [2.05, 4.69) is 4.98 Å². The Bertz CT molecular complexity index is 1740. The van der Waals surface area contributed by atoms with Crippen LogP contribution in [0.5, 0.6) is 5.75 Å². The Labute approximate surface area is 240 Å². The Kier molecular flexibility index (Phi) is 7.70. The van der Waals surface area contributed by atoms with Gasteiger partial charge in [-0.25, -0.2) is 13.3 Å². The molecule has 2 heterocycles. The van der Waals surface area contributed by atoms with Crippen LogP contribution >= 0.6 is 23.2 Å². The van der Waals surface area contributed by atoms with Gasteiger partial charge >= 0.3 is 5.97 Å². The standard InChI is InChI=1S/C28H23Cl2N3O6S/c1-17(34)39-21-9-7-20(8-10-21)33-27(35)15-25(28(33)36)32(40(37,38)26-14-19(29)6-11-23(26)30)13-12-18-16-31-24-5-3-2-4-22(18)24/h2-11,14,16,25,31H,12-13,15H2,1H3. The second-order valence-electron chi connectivity index (χ2n) is 9.17. The molecule has 9 nitrogen and oxygen atoms in total. The number of benzene rings is 3. The predicted octanol–water partition coefficient (Wildman–Crippen LogP) is 4.97. The van der Waals surface area contributed by atoms with Crippen LogP contribution in [0.4, 0.5) is 5.69 Å². The summed E-state index contributed by atoms with van der Waals surface area (Å²) in [4.78, 5) is 41.8. The number of aromatic amines is 1. The molecular weight excluding hydrogens is 577 g/mol. The third-order valence-electron chi connectivity index (χ3n) is 6.58. The molecule has 0 saturated carbocycles. The van der Waals surface area contributed by atoms with Crippen molar-refractivity contribution in [2.75, 3.05) is 11.4 Å². The van der Waals surface area contributed by atoms with Gasteiger partial charge in [-0.2, -0.15) is 4.31 Å². The van der Waals surface area contributed by atoms with Gasteiger partial charge in [-0.05, 0) is 60.5 Å². The molecule has 2 amide bonds. The van der Waals surface area contributed by atoms with Gasteiger partial charge in [-0.15, -0.1) is 0 Å². The highest BCUT2D eigenvalue weighted by molar-refractivity contribution is 7.89. The molecule has 1 aliphatic heterocycles. The number of H-pyrrole nitrogens is 1. The van der Waals surface area contributed by atoms with Gasteiger partial charge in [-0.3, -0.25) is 14.4 Å². The first-order chi connectivity index (χ1) is 19.1. The van der Waals surface area contributed by atoms with Crippen LogP contribution < -0.4 is 9.64 Å². The van der Waals surface area contributed by atoms with E-state index in [-0.39, 0.29) is 45.8 Å². The molecular formula is C28H23Cl2N3O6S. The maximum absolute atomic E-state index is 14.0. The zero-order chi connectivity index (χ0) is 28.6. The molecule has 0 bridgehead atoms. The summed E-state index contributed by atoms with van der Waals surface area (Å²) in [5.41, 5.74) is 1.96. The number of hydrogen-bond donors (Lipinski definition) is 1. The third-order valence-corrected chi connectivity index (χ3v) is 9.21. The topological polar surface area (TPSA) is 117 Å². The first-order valence-electron chi connectivity index (χ1n) is 12.2. The normalized spacial score (nSPS) is 15.8. The van der Waals surface area contributed by atoms with Gasteiger partial charge in [0, 0.05) is 35.6 Å². The average molecular weight is 600 g/mol. The lowest BCUT2D eigenvalue weighted by molar-refractivity contribution is -0.132. The molecule has 3 aromatic carbocycles. The molecule has 1 aliphatic rings. The van der Waals surface area contributed by atoms with Gasteiger partial charge in [0.05, 0.1) is 17.1 Å². The summed E-state index contributed by atoms with van der Waals surface area (Å²) < 4.78 is 34.0. The van der Waals surface area contributed by atoms with Gasteiger partial charge in [0.15, 0.2) is 0 Å². The highest BCUT2D eigenvalue weighted by Gasteiger charge is 2.47. The van der Waals surface area contributed by atoms with Crippen molar-refractivity contribution in [3.8, 4) is 5.75 Å². The number of nitrogens with zero attached hydrogens (tertiary/aromatic N) is 2. The average Bonchev–Trinajstić information content (AvgIpc) is 3.45. The maximum Gasteiger partial charge on any atom is 0.308 e. The molecule has 0 aliphatic carbocycles. The van der Waals surface area contributed by atoms with E-state index in [1.807, 2.05) is 24.3 Å². The molecule has 0 spiro atoms. The predicted molar refractivity (Wildman–Crippen MR) is 151 cm³/mol. The number of nitrogens with one attached hydrogen (secondary N) is 1. The van der Waals surface area contributed by atoms with Gasteiger partial charge in [0.1, 0.15) is 16.7 Å². The number of fused-ring (bicyclic) bond motifs is 1. The Hall–Kier alpha value is -3.70. The molecule has 4 aromatic rings. The second kappa shape index (κ2) is 11.1. The number of hydrogen-bond acceptors (Lipinski definition) is 6. The minimum Gasteiger partial charge on any atom is -0.427 e. The molecule has 12 heteroatoms. The lowest BCUT2D eigenvalue weighted by Crippen LogP contribution is -2.46. The second-order valence-corrected chi connectivity index (χ2v) is 11.9. The van der Waals surface area contributed by atoms with Crippen molar-refractivity contribution < 1.29 is 27.5 Å². The van der Waals surface area contributed by atoms with Crippen LogP contribution in [0.2, 0.25) is 10.0 Å². The van der Waals surface area contributed by atoms with E-state index in [1.54, 1.807) is 6.20 Å². The Morgan fingerprint density at radius 1 is 1.07 bits per heavy atom. The first kappa shape index (κ1) is 27.9. The number of sulfonamides is 1. The summed E-state index contributed by atoms with van der Waals surface area (Å²) in [6.45, 7) is 1.15. The Balaban J connectivity index is 1.50. The number of ether oxygens (including phenoxy) is 1. The zero-order valence-electron chi connectivity index (χ0n) is 21.1. The highest BCUT2D eigenvalue weighted by atomic mass is 35.5. The van der Waals surface area contributed by atoms with E-state index in [0.29, 0.717) is 0 Å². The Morgan fingerprint density at radius 2 is 1.80 bits per heavy atom. The summed E-state index contributed by atoms with van der Waals surface area (Å²) in [7, 11) is -4.38. The fourth-order valence-electron chi connectivity index (χ4n) is 4.76. The van der Waals surface area contributed by atoms with Crippen molar-refractivity contribution in [2.45, 2.75) is 30.7 Å². The van der Waals surface area contributed by atoms with Gasteiger partial charge in [0.25, 0.3) is 5.91 Å². The molecule has 206 valence electrons. The van der Waals surface area contributed by atoms with E-state index < -0.39 is 33.8 Å². The summed E-state index contributed by atoms with van der Waals surface area (Å²) in [6, 6.07) is 16.1. The van der Waals surface area contributed by atoms with E-state index in [0.717, 1.165) is 25.7 Å². The van der Waals surface area contributed by atoms with Crippen molar-refractivity contribution >= 4 is 67.6 Å². The molecule has 5 rings (SSSR count). The SMILES string of the molecule is CC(=O)Oc1ccc(N2C(=O)CC(N(CCc3c[nH]c4ccccc34)S(=O)(=O)c3cc(Cl)ccc3Cl)C2=O)cc1. The molecule has 1 aromatic heterocycles. The lowest BCUT2D eigenvalue weighted by atomic mass is 10.1. The van der Waals surface area contributed by atoms with Crippen LogP contribution in [0.15, 0.2) is 77.8 Å². The van der Waals surface area contributed by atoms with E-state index in [9.17, 15) is 22.8 Å². The van der Waals surface area contributed by atoms with E-state index in [4.69, 9.17) is 27.9 Å². The molecule has 1 fully saturated rings. The van der Waals surface area contributed by atoms with Crippen molar-refractivity contribution in [1.29, 1.82) is 0 Å². The van der Waals surface area contributed by atoms with Crippen molar-refractivity contribution in [3.05, 3.63) is 88.5 Å². The van der Waals surface area contributed by atoms with E-state index >= 15 is 0 Å². The van der Waals surface area contributed by atoms with E-state index in [1.165, 1.54) is 49.4 Å². The minimum atomic E-state index is -4.38. The molecule has 40 heavy (non-hydrogen) atoms. The van der Waals surface area contributed by atoms with Crippen molar-refractivity contribution in [3.63, 3.8) is 0 Å². The van der Waals surface area contributed by atoms with Crippen LogP contribution in [0, 0.1) is 0 Å². The quantitative estimate of drug-likeness (QED) is 0.174. The number of halogens is 2. The molecule has 1 unspecified atom stereocenters. The number of carbonyl (C=O) groups excluding carboxylic acids is 3. The fraction of sp³-hybridized carbons (Fsp3) is 0.179. The number of imide groups is 1. The summed E-state index contributed by atoms with van der Waals surface area (Å²) >= 11 is 12.4. The smallest absolute Gasteiger partial charge is 0.308 e.